The van der Waals surface area contributed by atoms with E-state index in [9.17, 15) is 0 Å². The number of aromatic nitrogens is 1. The summed E-state index contributed by atoms with van der Waals surface area (Å²) in [5, 5.41) is 3.52. The Hall–Kier alpha value is -0.0600. The summed E-state index contributed by atoms with van der Waals surface area (Å²) < 4.78 is 0. The van der Waals surface area contributed by atoms with E-state index in [0.717, 1.165) is 13.0 Å². The van der Waals surface area contributed by atoms with Gasteiger partial charge in [-0.05, 0) is 6.42 Å². The van der Waals surface area contributed by atoms with Crippen LogP contribution in [0.2, 0.25) is 0 Å². The van der Waals surface area contributed by atoms with Crippen LogP contribution >= 0.6 is 23.1 Å². The fourth-order valence-corrected chi connectivity index (χ4v) is 3.29. The van der Waals surface area contributed by atoms with Gasteiger partial charge in [-0.25, -0.2) is 4.98 Å². The van der Waals surface area contributed by atoms with Crippen LogP contribution in [-0.4, -0.2) is 23.0 Å². The lowest BCUT2D eigenvalue weighted by atomic mass is 10.2. The first-order chi connectivity index (χ1) is 6.42. The number of nitrogens with zero attached hydrogens (tertiary/aromatic N) is 1. The van der Waals surface area contributed by atoms with Crippen molar-refractivity contribution in [3.05, 3.63) is 16.1 Å². The van der Waals surface area contributed by atoms with Gasteiger partial charge in [0.05, 0.1) is 17.2 Å². The molecule has 0 saturated carbocycles. The first-order valence-electron chi connectivity index (χ1n) is 4.65. The second kappa shape index (κ2) is 4.44. The van der Waals surface area contributed by atoms with E-state index in [0.29, 0.717) is 6.04 Å². The van der Waals surface area contributed by atoms with Crippen molar-refractivity contribution >= 4 is 23.1 Å². The molecule has 1 atom stereocenters. The Kier molecular flexibility index (Phi) is 3.24. The first-order valence-corrected chi connectivity index (χ1v) is 6.68. The normalized spacial score (nSPS) is 23.3. The van der Waals surface area contributed by atoms with Crippen LogP contribution in [0.3, 0.4) is 0 Å². The van der Waals surface area contributed by atoms with Crippen LogP contribution < -0.4 is 5.32 Å². The quantitative estimate of drug-likeness (QED) is 0.816. The molecule has 0 radical (unpaired) electrons. The Bertz CT molecular complexity index is 266. The van der Waals surface area contributed by atoms with E-state index in [1.165, 1.54) is 22.1 Å². The number of hydrogen-bond acceptors (Lipinski definition) is 4. The van der Waals surface area contributed by atoms with Crippen LogP contribution in [0.5, 0.6) is 0 Å². The van der Waals surface area contributed by atoms with Gasteiger partial charge in [0.2, 0.25) is 0 Å². The molecule has 4 heteroatoms. The third kappa shape index (κ3) is 2.06. The summed E-state index contributed by atoms with van der Waals surface area (Å²) in [4.78, 5) is 5.90. The van der Waals surface area contributed by atoms with Crippen molar-refractivity contribution in [1.29, 1.82) is 0 Å². The Morgan fingerprint density at radius 1 is 1.69 bits per heavy atom. The molecule has 0 bridgehead atoms. The third-order valence-electron chi connectivity index (χ3n) is 2.25. The Balaban J connectivity index is 2.13. The lowest BCUT2D eigenvalue weighted by Crippen LogP contribution is -2.31. The van der Waals surface area contributed by atoms with Crippen LogP contribution in [-0.2, 0) is 6.42 Å². The van der Waals surface area contributed by atoms with Gasteiger partial charge in [0, 0.05) is 22.9 Å². The summed E-state index contributed by atoms with van der Waals surface area (Å²) in [6, 6.07) is 0.500. The maximum Gasteiger partial charge on any atom is 0.0798 e. The average Bonchev–Trinajstić information content (AvgIpc) is 2.67. The molecule has 1 aromatic heterocycles. The van der Waals surface area contributed by atoms with E-state index in [4.69, 9.17) is 0 Å². The first kappa shape index (κ1) is 9.49. The minimum Gasteiger partial charge on any atom is -0.307 e. The lowest BCUT2D eigenvalue weighted by Gasteiger charge is -2.22. The van der Waals surface area contributed by atoms with Crippen molar-refractivity contribution in [3.63, 3.8) is 0 Å². The fourth-order valence-electron chi connectivity index (χ4n) is 1.57. The molecule has 72 valence electrons. The second-order valence-corrected chi connectivity index (χ2v) is 5.19. The predicted molar refractivity (Wildman–Crippen MR) is 59.6 cm³/mol. The van der Waals surface area contributed by atoms with E-state index < -0.39 is 0 Å². The van der Waals surface area contributed by atoms with Crippen molar-refractivity contribution < 1.29 is 0 Å². The third-order valence-corrected chi connectivity index (χ3v) is 4.30. The molecule has 2 rings (SSSR count). The largest absolute Gasteiger partial charge is 0.307 e. The zero-order valence-electron chi connectivity index (χ0n) is 7.75. The Morgan fingerprint density at radius 2 is 2.62 bits per heavy atom. The molecule has 1 saturated heterocycles. The second-order valence-electron chi connectivity index (χ2n) is 3.10. The van der Waals surface area contributed by atoms with Crippen LogP contribution in [0.1, 0.15) is 23.5 Å². The molecule has 13 heavy (non-hydrogen) atoms. The Morgan fingerprint density at radius 3 is 3.31 bits per heavy atom. The van der Waals surface area contributed by atoms with Gasteiger partial charge in [0.1, 0.15) is 0 Å². The topological polar surface area (TPSA) is 24.9 Å². The van der Waals surface area contributed by atoms with Gasteiger partial charge in [0.25, 0.3) is 0 Å². The molecule has 2 heterocycles. The molecular weight excluding hydrogens is 200 g/mol. The van der Waals surface area contributed by atoms with Gasteiger partial charge in [0.15, 0.2) is 0 Å². The molecule has 1 N–H and O–H groups in total. The predicted octanol–water partition coefficient (Wildman–Crippen LogP) is 2.08. The minimum atomic E-state index is 0.500. The SMILES string of the molecule is CCc1scnc1C1CSCCN1. The van der Waals surface area contributed by atoms with Crippen LogP contribution in [0.4, 0.5) is 0 Å². The summed E-state index contributed by atoms with van der Waals surface area (Å²) in [5.74, 6) is 2.42. The van der Waals surface area contributed by atoms with Crippen molar-refractivity contribution in [2.75, 3.05) is 18.1 Å². The maximum absolute atomic E-state index is 4.45. The number of aryl methyl sites for hydroxylation is 1. The molecule has 2 nitrogen and oxygen atoms in total. The fraction of sp³-hybridized carbons (Fsp3) is 0.667. The number of rotatable bonds is 2. The standard InChI is InChI=1S/C9H14N2S2/c1-2-8-9(11-6-13-8)7-5-12-4-3-10-7/h6-7,10H,2-5H2,1H3. The molecule has 1 aliphatic heterocycles. The maximum atomic E-state index is 4.45. The lowest BCUT2D eigenvalue weighted by molar-refractivity contribution is 0.579. The van der Waals surface area contributed by atoms with Gasteiger partial charge in [-0.2, -0.15) is 11.8 Å². The molecular formula is C9H14N2S2. The highest BCUT2D eigenvalue weighted by molar-refractivity contribution is 7.99. The van der Waals surface area contributed by atoms with Crippen molar-refractivity contribution in [2.24, 2.45) is 0 Å². The summed E-state index contributed by atoms with van der Waals surface area (Å²) in [7, 11) is 0. The van der Waals surface area contributed by atoms with E-state index in [-0.39, 0.29) is 0 Å². The number of hydrogen-bond donors (Lipinski definition) is 1. The highest BCUT2D eigenvalue weighted by atomic mass is 32.2. The summed E-state index contributed by atoms with van der Waals surface area (Å²) in [5.41, 5.74) is 3.26. The van der Waals surface area contributed by atoms with E-state index >= 15 is 0 Å². The monoisotopic (exact) mass is 214 g/mol. The summed E-state index contributed by atoms with van der Waals surface area (Å²) in [6.07, 6.45) is 1.11. The average molecular weight is 214 g/mol. The van der Waals surface area contributed by atoms with Gasteiger partial charge in [-0.1, -0.05) is 6.92 Å². The molecule has 1 unspecified atom stereocenters. The number of thioether (sulfide) groups is 1. The Labute approximate surface area is 87.1 Å². The zero-order chi connectivity index (χ0) is 9.10. The summed E-state index contributed by atoms with van der Waals surface area (Å²) in [6.45, 7) is 3.32. The number of nitrogens with one attached hydrogen (secondary N) is 1. The summed E-state index contributed by atoms with van der Waals surface area (Å²) >= 11 is 3.81. The van der Waals surface area contributed by atoms with Gasteiger partial charge in [-0.3, -0.25) is 0 Å². The van der Waals surface area contributed by atoms with Crippen molar-refractivity contribution in [1.82, 2.24) is 10.3 Å². The van der Waals surface area contributed by atoms with Gasteiger partial charge >= 0.3 is 0 Å². The highest BCUT2D eigenvalue weighted by Gasteiger charge is 2.19. The number of thiazole rings is 1. The van der Waals surface area contributed by atoms with E-state index in [2.05, 4.69) is 17.2 Å². The van der Waals surface area contributed by atoms with Crippen molar-refractivity contribution in [3.8, 4) is 0 Å². The van der Waals surface area contributed by atoms with Crippen LogP contribution in [0.15, 0.2) is 5.51 Å². The minimum absolute atomic E-state index is 0.500. The zero-order valence-corrected chi connectivity index (χ0v) is 9.38. The van der Waals surface area contributed by atoms with E-state index in [1.54, 1.807) is 11.3 Å². The molecule has 0 aliphatic carbocycles. The molecule has 1 aromatic rings. The van der Waals surface area contributed by atoms with Gasteiger partial charge in [-0.15, -0.1) is 11.3 Å². The molecule has 0 spiro atoms. The van der Waals surface area contributed by atoms with Crippen molar-refractivity contribution in [2.45, 2.75) is 19.4 Å². The molecule has 1 fully saturated rings. The van der Waals surface area contributed by atoms with E-state index in [1.807, 2.05) is 17.3 Å². The molecule has 1 aliphatic rings. The van der Waals surface area contributed by atoms with Gasteiger partial charge < -0.3 is 5.32 Å². The van der Waals surface area contributed by atoms with Crippen LogP contribution in [0, 0.1) is 0 Å². The molecule has 0 amide bonds. The van der Waals surface area contributed by atoms with Crippen LogP contribution in [0.25, 0.3) is 0 Å². The highest BCUT2D eigenvalue weighted by Crippen LogP contribution is 2.26. The smallest absolute Gasteiger partial charge is 0.0798 e. The molecule has 0 aromatic carbocycles.